The second-order valence-electron chi connectivity index (χ2n) is 7.14. The van der Waals surface area contributed by atoms with Crippen LogP contribution >= 0.6 is 0 Å². The number of rotatable bonds is 12. The van der Waals surface area contributed by atoms with Gasteiger partial charge >= 0.3 is 0 Å². The number of hydroxylamine groups is 3. The van der Waals surface area contributed by atoms with E-state index in [2.05, 4.69) is 41.5 Å². The van der Waals surface area contributed by atoms with Crippen molar-refractivity contribution >= 4 is 0 Å². The zero-order valence-electron chi connectivity index (χ0n) is 15.0. The maximum absolute atomic E-state index is 13.1. The second kappa shape index (κ2) is 10.6. The number of hydrogen-bond donors (Lipinski definition) is 0. The van der Waals surface area contributed by atoms with Gasteiger partial charge in [-0.2, -0.15) is 0 Å². The molecular weight excluding hydrogens is 246 g/mol. The van der Waals surface area contributed by atoms with Crippen LogP contribution in [0.4, 0.5) is 0 Å². The van der Waals surface area contributed by atoms with Gasteiger partial charge in [-0.3, -0.25) is 0 Å². The van der Waals surface area contributed by atoms with Gasteiger partial charge in [-0.25, -0.2) is 0 Å². The van der Waals surface area contributed by atoms with Gasteiger partial charge in [-0.1, -0.05) is 60.8 Å². The molecule has 0 saturated heterocycles. The lowest BCUT2D eigenvalue weighted by Gasteiger charge is -2.44. The molecule has 0 spiro atoms. The minimum Gasteiger partial charge on any atom is -0.633 e. The molecule has 0 saturated carbocycles. The van der Waals surface area contributed by atoms with Crippen molar-refractivity contribution in [2.45, 2.75) is 80.1 Å². The Morgan fingerprint density at radius 1 is 0.650 bits per heavy atom. The van der Waals surface area contributed by atoms with Crippen LogP contribution in [-0.4, -0.2) is 24.3 Å². The number of nitrogens with zero attached hydrogens (tertiary/aromatic N) is 1. The fourth-order valence-electron chi connectivity index (χ4n) is 2.31. The van der Waals surface area contributed by atoms with Gasteiger partial charge in [-0.15, -0.1) is 0 Å². The monoisotopic (exact) mass is 285 g/mol. The summed E-state index contributed by atoms with van der Waals surface area (Å²) in [6.45, 7) is 16.0. The molecule has 0 fully saturated rings. The van der Waals surface area contributed by atoms with Crippen LogP contribution in [0.3, 0.4) is 0 Å². The van der Waals surface area contributed by atoms with E-state index in [9.17, 15) is 5.21 Å². The molecule has 2 heteroatoms. The molecular formula is C18H39NO. The Morgan fingerprint density at radius 2 is 0.900 bits per heavy atom. The van der Waals surface area contributed by atoms with Crippen LogP contribution in [0, 0.1) is 23.0 Å². The van der Waals surface area contributed by atoms with E-state index in [0.29, 0.717) is 17.8 Å². The summed E-state index contributed by atoms with van der Waals surface area (Å²) in [5.41, 5.74) is 0. The lowest BCUT2D eigenvalue weighted by Crippen LogP contribution is -2.46. The highest BCUT2D eigenvalue weighted by Gasteiger charge is 2.19. The van der Waals surface area contributed by atoms with E-state index in [4.69, 9.17) is 0 Å². The Labute approximate surface area is 128 Å². The molecule has 0 aliphatic carbocycles. The van der Waals surface area contributed by atoms with Crippen LogP contribution < -0.4 is 0 Å². The summed E-state index contributed by atoms with van der Waals surface area (Å²) in [4.78, 5) is 0. The third kappa shape index (κ3) is 8.97. The maximum atomic E-state index is 13.1. The molecule has 0 aromatic heterocycles. The van der Waals surface area contributed by atoms with Crippen LogP contribution in [0.15, 0.2) is 0 Å². The zero-order valence-corrected chi connectivity index (χ0v) is 15.0. The average Bonchev–Trinajstić information content (AvgIpc) is 2.47. The van der Waals surface area contributed by atoms with Crippen LogP contribution in [-0.2, 0) is 0 Å². The Bertz CT molecular complexity index is 193. The predicted molar refractivity (Wildman–Crippen MR) is 90.4 cm³/mol. The van der Waals surface area contributed by atoms with Crippen molar-refractivity contribution < 1.29 is 4.65 Å². The van der Waals surface area contributed by atoms with Gasteiger partial charge in [0.1, 0.15) is 0 Å². The molecule has 2 nitrogen and oxygen atoms in total. The Kier molecular flexibility index (Phi) is 10.6. The standard InChI is InChI=1S/C18H39NO/c1-7-16(4)10-13-19(20,14-11-17(5)8-2)15-12-18(6)9-3/h16-18H,7-15H2,1-6H3. The van der Waals surface area contributed by atoms with Gasteiger partial charge in [0.25, 0.3) is 0 Å². The molecule has 3 atom stereocenters. The molecule has 3 unspecified atom stereocenters. The highest BCUT2D eigenvalue weighted by atomic mass is 16.5. The summed E-state index contributed by atoms with van der Waals surface area (Å²) in [5.74, 6) is 2.07. The largest absolute Gasteiger partial charge is 0.633 e. The topological polar surface area (TPSA) is 23.1 Å². The molecule has 0 aromatic carbocycles. The fraction of sp³-hybridized carbons (Fsp3) is 1.00. The van der Waals surface area contributed by atoms with Crippen LogP contribution in [0.25, 0.3) is 0 Å². The molecule has 0 aromatic rings. The van der Waals surface area contributed by atoms with E-state index < -0.39 is 0 Å². The van der Waals surface area contributed by atoms with Gasteiger partial charge in [0.05, 0.1) is 19.6 Å². The van der Waals surface area contributed by atoms with E-state index in [1.54, 1.807) is 0 Å². The molecule has 0 N–H and O–H groups in total. The molecule has 0 radical (unpaired) electrons. The molecule has 0 aliphatic rings. The van der Waals surface area contributed by atoms with E-state index in [0.717, 1.165) is 38.9 Å². The SMILES string of the molecule is CCC(C)CC[N+]([O-])(CCC(C)CC)CCC(C)CC. The van der Waals surface area contributed by atoms with Crippen molar-refractivity contribution in [2.24, 2.45) is 17.8 Å². The van der Waals surface area contributed by atoms with E-state index >= 15 is 0 Å². The van der Waals surface area contributed by atoms with Crippen molar-refractivity contribution in [1.29, 1.82) is 0 Å². The summed E-state index contributed by atoms with van der Waals surface area (Å²) in [7, 11) is 0. The van der Waals surface area contributed by atoms with Gasteiger partial charge in [-0.05, 0) is 37.0 Å². The first-order valence-electron chi connectivity index (χ1n) is 8.93. The van der Waals surface area contributed by atoms with Crippen molar-refractivity contribution in [1.82, 2.24) is 0 Å². The third-order valence-electron chi connectivity index (χ3n) is 5.18. The lowest BCUT2D eigenvalue weighted by atomic mass is 10.0. The fourth-order valence-corrected chi connectivity index (χ4v) is 2.31. The van der Waals surface area contributed by atoms with Crippen molar-refractivity contribution in [2.75, 3.05) is 19.6 Å². The lowest BCUT2D eigenvalue weighted by molar-refractivity contribution is -0.882. The molecule has 0 amide bonds. The summed E-state index contributed by atoms with van der Waals surface area (Å²) < 4.78 is 0.0546. The summed E-state index contributed by atoms with van der Waals surface area (Å²) in [5, 5.41) is 13.1. The molecule has 0 rings (SSSR count). The smallest absolute Gasteiger partial charge is 0.0786 e. The molecule has 0 bridgehead atoms. The minimum absolute atomic E-state index is 0.0546. The summed E-state index contributed by atoms with van der Waals surface area (Å²) >= 11 is 0. The first-order valence-corrected chi connectivity index (χ1v) is 8.93. The Hall–Kier alpha value is -0.0800. The van der Waals surface area contributed by atoms with Gasteiger partial charge in [0.15, 0.2) is 0 Å². The van der Waals surface area contributed by atoms with Crippen molar-refractivity contribution in [3.05, 3.63) is 5.21 Å². The maximum Gasteiger partial charge on any atom is 0.0786 e. The van der Waals surface area contributed by atoms with Gasteiger partial charge in [0.2, 0.25) is 0 Å². The van der Waals surface area contributed by atoms with E-state index in [1.165, 1.54) is 19.3 Å². The minimum atomic E-state index is 0.0546. The Balaban J connectivity index is 4.40. The molecule has 122 valence electrons. The van der Waals surface area contributed by atoms with Crippen LogP contribution in [0.1, 0.15) is 80.1 Å². The summed E-state index contributed by atoms with van der Waals surface area (Å²) in [6, 6.07) is 0. The van der Waals surface area contributed by atoms with E-state index in [-0.39, 0.29) is 4.65 Å². The van der Waals surface area contributed by atoms with Crippen LogP contribution in [0.2, 0.25) is 0 Å². The van der Waals surface area contributed by atoms with Gasteiger partial charge < -0.3 is 9.85 Å². The number of quaternary nitrogens is 1. The highest BCUT2D eigenvalue weighted by Crippen LogP contribution is 2.20. The van der Waals surface area contributed by atoms with Crippen molar-refractivity contribution in [3.63, 3.8) is 0 Å². The first kappa shape index (κ1) is 19.9. The molecule has 0 aliphatic heterocycles. The average molecular weight is 286 g/mol. The zero-order chi connectivity index (χ0) is 15.6. The number of hydrogen-bond acceptors (Lipinski definition) is 1. The van der Waals surface area contributed by atoms with Gasteiger partial charge in [0, 0.05) is 0 Å². The first-order chi connectivity index (χ1) is 9.36. The highest BCUT2D eigenvalue weighted by molar-refractivity contribution is 4.58. The Morgan fingerprint density at radius 3 is 1.10 bits per heavy atom. The van der Waals surface area contributed by atoms with E-state index in [1.807, 2.05) is 0 Å². The van der Waals surface area contributed by atoms with Crippen molar-refractivity contribution in [3.8, 4) is 0 Å². The second-order valence-corrected chi connectivity index (χ2v) is 7.14. The normalized spacial score (nSPS) is 19.4. The quantitative estimate of drug-likeness (QED) is 0.337. The molecule has 0 heterocycles. The summed E-state index contributed by atoms with van der Waals surface area (Å²) in [6.07, 6.45) is 6.83. The third-order valence-corrected chi connectivity index (χ3v) is 5.18. The van der Waals surface area contributed by atoms with Crippen LogP contribution in [0.5, 0.6) is 0 Å². The predicted octanol–water partition coefficient (Wildman–Crippen LogP) is 5.61. The molecule has 20 heavy (non-hydrogen) atoms.